The molecule has 0 aromatic heterocycles. The fourth-order valence-corrected chi connectivity index (χ4v) is 3.00. The van der Waals surface area contributed by atoms with E-state index in [1.165, 1.54) is 0 Å². The van der Waals surface area contributed by atoms with E-state index in [1.807, 2.05) is 30.0 Å². The van der Waals surface area contributed by atoms with Gasteiger partial charge in [-0.15, -0.1) is 0 Å². The van der Waals surface area contributed by atoms with E-state index in [2.05, 4.69) is 5.32 Å². The van der Waals surface area contributed by atoms with Crippen molar-refractivity contribution in [2.45, 2.75) is 19.1 Å². The van der Waals surface area contributed by atoms with Crippen LogP contribution in [0.5, 0.6) is 5.75 Å². The quantitative estimate of drug-likeness (QED) is 0.869. The van der Waals surface area contributed by atoms with Crippen molar-refractivity contribution in [1.82, 2.24) is 10.2 Å². The number of ether oxygens (including phenoxy) is 2. The molecule has 0 radical (unpaired) electrons. The second-order valence-corrected chi connectivity index (χ2v) is 5.31. The molecule has 0 saturated carbocycles. The summed E-state index contributed by atoms with van der Waals surface area (Å²) in [5.41, 5.74) is 1.70. The lowest BCUT2D eigenvalue weighted by atomic mass is 10.0. The zero-order valence-corrected chi connectivity index (χ0v) is 11.9. The second kappa shape index (κ2) is 5.42. The predicted octanol–water partition coefficient (Wildman–Crippen LogP) is 0.816. The SMILES string of the molecule is COc1ccc(C(=O)N2CCO[C@H]3CNC[C@H]32)c(C)c1. The first-order valence-corrected chi connectivity index (χ1v) is 6.98. The van der Waals surface area contributed by atoms with Crippen LogP contribution in [0, 0.1) is 6.92 Å². The second-order valence-electron chi connectivity index (χ2n) is 5.31. The largest absolute Gasteiger partial charge is 0.497 e. The van der Waals surface area contributed by atoms with Crippen molar-refractivity contribution < 1.29 is 14.3 Å². The van der Waals surface area contributed by atoms with Crippen LogP contribution in [-0.4, -0.2) is 56.3 Å². The summed E-state index contributed by atoms with van der Waals surface area (Å²) < 4.78 is 10.9. The van der Waals surface area contributed by atoms with Gasteiger partial charge >= 0.3 is 0 Å². The number of nitrogens with zero attached hydrogens (tertiary/aromatic N) is 1. The third-order valence-corrected chi connectivity index (χ3v) is 4.12. The molecule has 108 valence electrons. The first kappa shape index (κ1) is 13.4. The molecule has 5 heteroatoms. The monoisotopic (exact) mass is 276 g/mol. The number of methoxy groups -OCH3 is 1. The van der Waals surface area contributed by atoms with Crippen molar-refractivity contribution in [3.05, 3.63) is 29.3 Å². The zero-order valence-electron chi connectivity index (χ0n) is 11.9. The third-order valence-electron chi connectivity index (χ3n) is 4.12. The van der Waals surface area contributed by atoms with Crippen LogP contribution in [0.3, 0.4) is 0 Å². The lowest BCUT2D eigenvalue weighted by Gasteiger charge is -2.37. The Balaban J connectivity index is 1.84. The van der Waals surface area contributed by atoms with Crippen LogP contribution in [0.2, 0.25) is 0 Å². The molecule has 1 amide bonds. The molecule has 0 unspecified atom stereocenters. The standard InChI is InChI=1S/C15H20N2O3/c1-10-7-11(19-2)3-4-12(10)15(18)17-5-6-20-14-9-16-8-13(14)17/h3-4,7,13-14,16H,5-6,8-9H2,1-2H3/t13-,14+/m1/s1. The average Bonchev–Trinajstić information content (AvgIpc) is 2.94. The van der Waals surface area contributed by atoms with Crippen molar-refractivity contribution in [2.75, 3.05) is 33.4 Å². The Morgan fingerprint density at radius 3 is 3.05 bits per heavy atom. The van der Waals surface area contributed by atoms with E-state index >= 15 is 0 Å². The van der Waals surface area contributed by atoms with Gasteiger partial charge in [0.05, 0.1) is 25.9 Å². The van der Waals surface area contributed by atoms with Crippen LogP contribution in [0.25, 0.3) is 0 Å². The molecule has 5 nitrogen and oxygen atoms in total. The smallest absolute Gasteiger partial charge is 0.254 e. The number of aryl methyl sites for hydroxylation is 1. The summed E-state index contributed by atoms with van der Waals surface area (Å²) in [5, 5.41) is 3.29. The number of hydrogen-bond donors (Lipinski definition) is 1. The van der Waals surface area contributed by atoms with Gasteiger partial charge in [-0.25, -0.2) is 0 Å². The molecule has 2 heterocycles. The lowest BCUT2D eigenvalue weighted by Crippen LogP contribution is -2.53. The van der Waals surface area contributed by atoms with Gasteiger partial charge in [-0.1, -0.05) is 0 Å². The molecule has 0 aliphatic carbocycles. The first-order chi connectivity index (χ1) is 9.70. The molecule has 3 rings (SSSR count). The minimum atomic E-state index is 0.0900. The maximum absolute atomic E-state index is 12.8. The third kappa shape index (κ3) is 2.27. The number of rotatable bonds is 2. The summed E-state index contributed by atoms with van der Waals surface area (Å²) >= 11 is 0. The van der Waals surface area contributed by atoms with Crippen molar-refractivity contribution in [2.24, 2.45) is 0 Å². The summed E-state index contributed by atoms with van der Waals surface area (Å²) in [4.78, 5) is 14.7. The van der Waals surface area contributed by atoms with E-state index in [0.717, 1.165) is 30.0 Å². The maximum atomic E-state index is 12.8. The van der Waals surface area contributed by atoms with E-state index in [0.29, 0.717) is 13.2 Å². The van der Waals surface area contributed by atoms with Crippen molar-refractivity contribution in [3.63, 3.8) is 0 Å². The molecule has 0 spiro atoms. The van der Waals surface area contributed by atoms with Crippen molar-refractivity contribution in [1.29, 1.82) is 0 Å². The summed E-state index contributed by atoms with van der Waals surface area (Å²) in [5.74, 6) is 0.869. The number of carbonyl (C=O) groups is 1. The van der Waals surface area contributed by atoms with Gasteiger partial charge in [-0.3, -0.25) is 4.79 Å². The summed E-state index contributed by atoms with van der Waals surface area (Å²) in [6, 6.07) is 5.74. The number of morpholine rings is 1. The van der Waals surface area contributed by atoms with E-state index in [-0.39, 0.29) is 18.1 Å². The summed E-state index contributed by atoms with van der Waals surface area (Å²) in [6.45, 7) is 4.86. The molecule has 20 heavy (non-hydrogen) atoms. The Kier molecular flexibility index (Phi) is 3.63. The number of fused-ring (bicyclic) bond motifs is 1. The topological polar surface area (TPSA) is 50.8 Å². The number of nitrogens with one attached hydrogen (secondary N) is 1. The Labute approximate surface area is 118 Å². The molecule has 2 aliphatic heterocycles. The van der Waals surface area contributed by atoms with Crippen LogP contribution in [-0.2, 0) is 4.74 Å². The minimum Gasteiger partial charge on any atom is -0.497 e. The Morgan fingerprint density at radius 1 is 1.45 bits per heavy atom. The number of hydrogen-bond acceptors (Lipinski definition) is 4. The number of benzene rings is 1. The van der Waals surface area contributed by atoms with Crippen molar-refractivity contribution >= 4 is 5.91 Å². The molecule has 0 bridgehead atoms. The van der Waals surface area contributed by atoms with Crippen LogP contribution < -0.4 is 10.1 Å². The first-order valence-electron chi connectivity index (χ1n) is 6.98. The van der Waals surface area contributed by atoms with E-state index < -0.39 is 0 Å². The van der Waals surface area contributed by atoms with E-state index in [1.54, 1.807) is 7.11 Å². The van der Waals surface area contributed by atoms with Crippen LogP contribution in [0.4, 0.5) is 0 Å². The van der Waals surface area contributed by atoms with Crippen LogP contribution in [0.15, 0.2) is 18.2 Å². The predicted molar refractivity (Wildman–Crippen MR) is 75.2 cm³/mol. The molecular weight excluding hydrogens is 256 g/mol. The summed E-state index contributed by atoms with van der Waals surface area (Å²) in [6.07, 6.45) is 0.131. The molecule has 2 saturated heterocycles. The Hall–Kier alpha value is -1.59. The van der Waals surface area contributed by atoms with Gasteiger partial charge < -0.3 is 19.7 Å². The highest BCUT2D eigenvalue weighted by Crippen LogP contribution is 2.23. The Morgan fingerprint density at radius 2 is 2.30 bits per heavy atom. The normalized spacial score (nSPS) is 25.4. The van der Waals surface area contributed by atoms with Gasteiger partial charge in [0.2, 0.25) is 0 Å². The van der Waals surface area contributed by atoms with Gasteiger partial charge in [-0.2, -0.15) is 0 Å². The number of amides is 1. The highest BCUT2D eigenvalue weighted by molar-refractivity contribution is 5.96. The molecule has 1 N–H and O–H groups in total. The molecule has 2 aliphatic rings. The Bertz CT molecular complexity index is 518. The molecule has 1 aromatic carbocycles. The highest BCUT2D eigenvalue weighted by Gasteiger charge is 2.38. The van der Waals surface area contributed by atoms with Gasteiger partial charge in [0.1, 0.15) is 5.75 Å². The highest BCUT2D eigenvalue weighted by atomic mass is 16.5. The maximum Gasteiger partial charge on any atom is 0.254 e. The zero-order chi connectivity index (χ0) is 14.1. The number of carbonyl (C=O) groups excluding carboxylic acids is 1. The molecular formula is C15H20N2O3. The molecule has 1 aromatic rings. The van der Waals surface area contributed by atoms with Gasteiger partial charge in [0.15, 0.2) is 0 Å². The average molecular weight is 276 g/mol. The summed E-state index contributed by atoms with van der Waals surface area (Å²) in [7, 11) is 1.63. The molecule has 2 atom stereocenters. The fourth-order valence-electron chi connectivity index (χ4n) is 3.00. The van der Waals surface area contributed by atoms with E-state index in [4.69, 9.17) is 9.47 Å². The van der Waals surface area contributed by atoms with Gasteiger partial charge in [-0.05, 0) is 30.7 Å². The van der Waals surface area contributed by atoms with E-state index in [9.17, 15) is 4.79 Å². The van der Waals surface area contributed by atoms with Crippen molar-refractivity contribution in [3.8, 4) is 5.75 Å². The minimum absolute atomic E-state index is 0.0900. The van der Waals surface area contributed by atoms with Crippen LogP contribution in [0.1, 0.15) is 15.9 Å². The van der Waals surface area contributed by atoms with Crippen LogP contribution >= 0.6 is 0 Å². The molecule has 2 fully saturated rings. The van der Waals surface area contributed by atoms with Gasteiger partial charge in [0, 0.05) is 25.2 Å². The lowest BCUT2D eigenvalue weighted by molar-refractivity contribution is -0.0365. The van der Waals surface area contributed by atoms with Gasteiger partial charge in [0.25, 0.3) is 5.91 Å². The fraction of sp³-hybridized carbons (Fsp3) is 0.533.